The van der Waals surface area contributed by atoms with Crippen molar-refractivity contribution in [2.45, 2.75) is 6.92 Å². The van der Waals surface area contributed by atoms with Gasteiger partial charge in [-0.15, -0.1) is 0 Å². The van der Waals surface area contributed by atoms with Gasteiger partial charge in [-0.1, -0.05) is 18.2 Å². The predicted molar refractivity (Wildman–Crippen MR) is 85.0 cm³/mol. The SMILES string of the molecule is CC(C#N)CN(C)C(=O)C=Cc1cnn(-c2ccccc2)c1. The molecule has 0 N–H and O–H groups in total. The lowest BCUT2D eigenvalue weighted by Gasteiger charge is -2.15. The van der Waals surface area contributed by atoms with Gasteiger partial charge in [-0.2, -0.15) is 10.4 Å². The summed E-state index contributed by atoms with van der Waals surface area (Å²) in [7, 11) is 1.69. The van der Waals surface area contributed by atoms with Gasteiger partial charge in [-0.05, 0) is 25.1 Å². The standard InChI is InChI=1S/C17H18N4O/c1-14(10-18)12-20(2)17(22)9-8-15-11-19-21(13-15)16-6-4-3-5-7-16/h3-9,11,13-14H,12H2,1-2H3. The maximum atomic E-state index is 11.9. The Kier molecular flexibility index (Phi) is 5.10. The Morgan fingerprint density at radius 2 is 2.18 bits per heavy atom. The molecule has 0 spiro atoms. The Morgan fingerprint density at radius 1 is 1.45 bits per heavy atom. The van der Waals surface area contributed by atoms with Crippen LogP contribution in [0.1, 0.15) is 12.5 Å². The predicted octanol–water partition coefficient (Wildman–Crippen LogP) is 2.50. The van der Waals surface area contributed by atoms with Crippen LogP contribution in [0.3, 0.4) is 0 Å². The van der Waals surface area contributed by atoms with Gasteiger partial charge >= 0.3 is 0 Å². The number of likely N-dealkylation sites (N-methyl/N-ethyl adjacent to an activating group) is 1. The first-order valence-corrected chi connectivity index (χ1v) is 7.03. The second kappa shape index (κ2) is 7.23. The fourth-order valence-electron chi connectivity index (χ4n) is 1.98. The fraction of sp³-hybridized carbons (Fsp3) is 0.235. The highest BCUT2D eigenvalue weighted by atomic mass is 16.2. The molecule has 2 rings (SSSR count). The first kappa shape index (κ1) is 15.5. The summed E-state index contributed by atoms with van der Waals surface area (Å²) in [4.78, 5) is 13.5. The van der Waals surface area contributed by atoms with E-state index < -0.39 is 0 Å². The highest BCUT2D eigenvalue weighted by Crippen LogP contribution is 2.09. The van der Waals surface area contributed by atoms with Gasteiger partial charge in [0.25, 0.3) is 0 Å². The fourth-order valence-corrected chi connectivity index (χ4v) is 1.98. The summed E-state index contributed by atoms with van der Waals surface area (Å²) in [6.07, 6.45) is 6.78. The van der Waals surface area contributed by atoms with Crippen LogP contribution in [0.4, 0.5) is 0 Å². The zero-order chi connectivity index (χ0) is 15.9. The Balaban J connectivity index is 2.01. The Bertz CT molecular complexity index is 697. The van der Waals surface area contributed by atoms with Crippen molar-refractivity contribution >= 4 is 12.0 Å². The third-order valence-electron chi connectivity index (χ3n) is 3.19. The Hall–Kier alpha value is -2.87. The second-order valence-electron chi connectivity index (χ2n) is 5.14. The highest BCUT2D eigenvalue weighted by molar-refractivity contribution is 5.91. The largest absolute Gasteiger partial charge is 0.341 e. The molecule has 1 aromatic carbocycles. The van der Waals surface area contributed by atoms with E-state index >= 15 is 0 Å². The quantitative estimate of drug-likeness (QED) is 0.796. The summed E-state index contributed by atoms with van der Waals surface area (Å²) < 4.78 is 1.76. The molecular weight excluding hydrogens is 276 g/mol. The van der Waals surface area contributed by atoms with Gasteiger partial charge in [0, 0.05) is 31.4 Å². The summed E-state index contributed by atoms with van der Waals surface area (Å²) in [5.41, 5.74) is 1.81. The van der Waals surface area contributed by atoms with E-state index in [2.05, 4.69) is 11.2 Å². The third kappa shape index (κ3) is 4.06. The lowest BCUT2D eigenvalue weighted by Crippen LogP contribution is -2.29. The van der Waals surface area contributed by atoms with Gasteiger partial charge in [0.1, 0.15) is 0 Å². The monoisotopic (exact) mass is 294 g/mol. The summed E-state index contributed by atoms with van der Waals surface area (Å²) in [5.74, 6) is -0.308. The van der Waals surface area contributed by atoms with Crippen molar-refractivity contribution in [3.63, 3.8) is 0 Å². The minimum Gasteiger partial charge on any atom is -0.341 e. The summed E-state index contributed by atoms with van der Waals surface area (Å²) >= 11 is 0. The molecule has 0 aliphatic heterocycles. The maximum absolute atomic E-state index is 11.9. The first-order valence-electron chi connectivity index (χ1n) is 7.03. The molecule has 0 aliphatic rings. The number of nitrogens with zero attached hydrogens (tertiary/aromatic N) is 4. The van der Waals surface area contributed by atoms with Crippen LogP contribution in [-0.4, -0.2) is 34.2 Å². The van der Waals surface area contributed by atoms with E-state index in [0.717, 1.165) is 11.3 Å². The average Bonchev–Trinajstić information content (AvgIpc) is 3.02. The van der Waals surface area contributed by atoms with E-state index in [1.54, 1.807) is 30.9 Å². The van der Waals surface area contributed by atoms with E-state index in [0.29, 0.717) is 6.54 Å². The molecule has 112 valence electrons. The number of hydrogen-bond donors (Lipinski definition) is 0. The maximum Gasteiger partial charge on any atom is 0.246 e. The molecule has 5 nitrogen and oxygen atoms in total. The molecule has 5 heteroatoms. The number of carbonyl (C=O) groups excluding carboxylic acids is 1. The average molecular weight is 294 g/mol. The molecule has 1 heterocycles. The number of nitriles is 1. The van der Waals surface area contributed by atoms with E-state index in [4.69, 9.17) is 5.26 Å². The molecule has 0 bridgehead atoms. The lowest BCUT2D eigenvalue weighted by molar-refractivity contribution is -0.125. The van der Waals surface area contributed by atoms with Crippen molar-refractivity contribution in [2.24, 2.45) is 5.92 Å². The smallest absolute Gasteiger partial charge is 0.246 e. The van der Waals surface area contributed by atoms with Gasteiger partial charge in [-0.3, -0.25) is 4.79 Å². The van der Waals surface area contributed by atoms with Crippen molar-refractivity contribution in [1.82, 2.24) is 14.7 Å². The van der Waals surface area contributed by atoms with E-state index in [1.165, 1.54) is 11.0 Å². The molecule has 0 saturated heterocycles. The summed E-state index contributed by atoms with van der Waals surface area (Å²) in [6, 6.07) is 11.9. The minimum absolute atomic E-state index is 0.130. The molecule has 22 heavy (non-hydrogen) atoms. The van der Waals surface area contributed by atoms with E-state index in [9.17, 15) is 4.79 Å². The number of rotatable bonds is 5. The number of para-hydroxylation sites is 1. The Labute approximate surface area is 130 Å². The topological polar surface area (TPSA) is 61.9 Å². The molecule has 0 saturated carbocycles. The van der Waals surface area contributed by atoms with Crippen LogP contribution in [0.25, 0.3) is 11.8 Å². The third-order valence-corrected chi connectivity index (χ3v) is 3.19. The summed E-state index contributed by atoms with van der Waals surface area (Å²) in [6.45, 7) is 2.21. The molecule has 1 aromatic heterocycles. The number of benzene rings is 1. The van der Waals surface area contributed by atoms with Gasteiger partial charge < -0.3 is 4.90 Å². The van der Waals surface area contributed by atoms with Crippen molar-refractivity contribution in [3.8, 4) is 11.8 Å². The van der Waals surface area contributed by atoms with Crippen molar-refractivity contribution in [2.75, 3.05) is 13.6 Å². The zero-order valence-electron chi connectivity index (χ0n) is 12.7. The number of amides is 1. The van der Waals surface area contributed by atoms with Crippen LogP contribution in [0.2, 0.25) is 0 Å². The molecular formula is C17H18N4O. The van der Waals surface area contributed by atoms with Crippen molar-refractivity contribution in [3.05, 3.63) is 54.4 Å². The van der Waals surface area contributed by atoms with Crippen LogP contribution >= 0.6 is 0 Å². The van der Waals surface area contributed by atoms with E-state index in [1.807, 2.05) is 36.5 Å². The van der Waals surface area contributed by atoms with E-state index in [-0.39, 0.29) is 11.8 Å². The van der Waals surface area contributed by atoms with Crippen LogP contribution in [0.5, 0.6) is 0 Å². The van der Waals surface area contributed by atoms with Crippen LogP contribution in [0.15, 0.2) is 48.8 Å². The number of aromatic nitrogens is 2. The Morgan fingerprint density at radius 3 is 2.86 bits per heavy atom. The van der Waals surface area contributed by atoms with Crippen LogP contribution in [-0.2, 0) is 4.79 Å². The van der Waals surface area contributed by atoms with Gasteiger partial charge in [-0.25, -0.2) is 4.68 Å². The van der Waals surface area contributed by atoms with Crippen molar-refractivity contribution in [1.29, 1.82) is 5.26 Å². The second-order valence-corrected chi connectivity index (χ2v) is 5.14. The molecule has 1 amide bonds. The molecule has 0 fully saturated rings. The molecule has 1 atom stereocenters. The molecule has 1 unspecified atom stereocenters. The van der Waals surface area contributed by atoms with Crippen LogP contribution < -0.4 is 0 Å². The van der Waals surface area contributed by atoms with Gasteiger partial charge in [0.15, 0.2) is 0 Å². The minimum atomic E-state index is -0.178. The molecule has 2 aromatic rings. The van der Waals surface area contributed by atoms with Gasteiger partial charge in [0.05, 0.1) is 23.9 Å². The number of hydrogen-bond acceptors (Lipinski definition) is 3. The summed E-state index contributed by atoms with van der Waals surface area (Å²) in [5, 5.41) is 13.0. The normalized spacial score (nSPS) is 12.0. The number of carbonyl (C=O) groups is 1. The molecule has 0 aliphatic carbocycles. The highest BCUT2D eigenvalue weighted by Gasteiger charge is 2.09. The zero-order valence-corrected chi connectivity index (χ0v) is 12.7. The van der Waals surface area contributed by atoms with Crippen LogP contribution in [0, 0.1) is 17.2 Å². The lowest BCUT2D eigenvalue weighted by atomic mass is 10.2. The molecule has 0 radical (unpaired) electrons. The van der Waals surface area contributed by atoms with Crippen molar-refractivity contribution < 1.29 is 4.79 Å². The first-order chi connectivity index (χ1) is 10.6. The van der Waals surface area contributed by atoms with Gasteiger partial charge in [0.2, 0.25) is 5.91 Å².